The fourth-order valence-electron chi connectivity index (χ4n) is 4.27. The summed E-state index contributed by atoms with van der Waals surface area (Å²) in [6.07, 6.45) is 6.52. The molecule has 0 amide bonds. The van der Waals surface area contributed by atoms with Gasteiger partial charge in [-0.1, -0.05) is 48.6 Å². The van der Waals surface area contributed by atoms with E-state index in [9.17, 15) is 4.79 Å². The molecule has 0 bridgehead atoms. The normalized spacial score (nSPS) is 15.5. The fourth-order valence-corrected chi connectivity index (χ4v) is 4.94. The average Bonchev–Trinajstić information content (AvgIpc) is 3.36. The molecule has 0 unspecified atom stereocenters. The summed E-state index contributed by atoms with van der Waals surface area (Å²) in [7, 11) is 0. The van der Waals surface area contributed by atoms with Gasteiger partial charge in [-0.25, -0.2) is 4.79 Å². The number of likely N-dealkylation sites (tertiary alicyclic amines) is 1. The summed E-state index contributed by atoms with van der Waals surface area (Å²) in [5, 5.41) is 8.81. The Hall–Kier alpha value is -3.15. The van der Waals surface area contributed by atoms with Crippen molar-refractivity contribution in [3.63, 3.8) is 0 Å². The molecule has 5 rings (SSSR count). The van der Waals surface area contributed by atoms with Crippen molar-refractivity contribution in [2.75, 3.05) is 25.0 Å². The van der Waals surface area contributed by atoms with Crippen molar-refractivity contribution in [1.82, 2.24) is 4.90 Å². The lowest BCUT2D eigenvalue weighted by molar-refractivity contribution is 0.240. The highest BCUT2D eigenvalue weighted by atomic mass is 32.1. The summed E-state index contributed by atoms with van der Waals surface area (Å²) in [4.78, 5) is 14.6. The molecule has 32 heavy (non-hydrogen) atoms. The van der Waals surface area contributed by atoms with Crippen LogP contribution in [0, 0.1) is 0 Å². The molecule has 4 aromatic rings. The van der Waals surface area contributed by atoms with Gasteiger partial charge in [-0.15, -0.1) is 0 Å². The van der Waals surface area contributed by atoms with Crippen molar-refractivity contribution in [2.45, 2.75) is 18.9 Å². The highest BCUT2D eigenvalue weighted by Gasteiger charge is 2.19. The molecule has 0 atom stereocenters. The predicted molar refractivity (Wildman–Crippen MR) is 134 cm³/mol. The number of benzene rings is 2. The van der Waals surface area contributed by atoms with Crippen molar-refractivity contribution < 1.29 is 4.42 Å². The lowest BCUT2D eigenvalue weighted by Crippen LogP contribution is -2.39. The van der Waals surface area contributed by atoms with Gasteiger partial charge in [0.25, 0.3) is 0 Å². The fraction of sp³-hybridized carbons (Fsp3) is 0.222. The van der Waals surface area contributed by atoms with Gasteiger partial charge in [0.15, 0.2) is 0 Å². The van der Waals surface area contributed by atoms with Crippen molar-refractivity contribution >= 4 is 34.1 Å². The molecule has 0 spiro atoms. The number of nitrogens with zero attached hydrogens (tertiary/aromatic N) is 1. The molecule has 4 nitrogen and oxygen atoms in total. The minimum absolute atomic E-state index is 0.313. The second-order valence-electron chi connectivity index (χ2n) is 8.23. The Morgan fingerprint density at radius 3 is 2.66 bits per heavy atom. The summed E-state index contributed by atoms with van der Waals surface area (Å²) < 4.78 is 5.45. The van der Waals surface area contributed by atoms with Crippen LogP contribution >= 0.6 is 11.3 Å². The first-order valence-electron chi connectivity index (χ1n) is 11.1. The average molecular weight is 443 g/mol. The Morgan fingerprint density at radius 1 is 1.03 bits per heavy atom. The molecule has 3 heterocycles. The molecular formula is C27H26N2O2S. The molecule has 1 saturated heterocycles. The zero-order chi connectivity index (χ0) is 21.8. The summed E-state index contributed by atoms with van der Waals surface area (Å²) in [6.45, 7) is 3.04. The van der Waals surface area contributed by atoms with E-state index in [4.69, 9.17) is 4.42 Å². The van der Waals surface area contributed by atoms with Crippen molar-refractivity contribution in [2.24, 2.45) is 0 Å². The first kappa shape index (κ1) is 20.7. The van der Waals surface area contributed by atoms with Crippen LogP contribution in [0.15, 0.2) is 86.7 Å². The minimum atomic E-state index is -0.313. The lowest BCUT2D eigenvalue weighted by Gasteiger charge is -2.32. The van der Waals surface area contributed by atoms with Crippen LogP contribution in [0.5, 0.6) is 0 Å². The molecule has 2 aromatic carbocycles. The maximum atomic E-state index is 12.1. The molecule has 162 valence electrons. The summed E-state index contributed by atoms with van der Waals surface area (Å²) >= 11 is 1.68. The van der Waals surface area contributed by atoms with E-state index in [0.29, 0.717) is 11.6 Å². The quantitative estimate of drug-likeness (QED) is 0.366. The summed E-state index contributed by atoms with van der Waals surface area (Å²) in [6, 6.07) is 20.5. The Morgan fingerprint density at radius 2 is 1.88 bits per heavy atom. The highest BCUT2D eigenvalue weighted by Crippen LogP contribution is 2.30. The van der Waals surface area contributed by atoms with Gasteiger partial charge >= 0.3 is 5.63 Å². The van der Waals surface area contributed by atoms with Crippen molar-refractivity contribution in [1.29, 1.82) is 0 Å². The number of thiophene rings is 1. The van der Waals surface area contributed by atoms with E-state index in [-0.39, 0.29) is 5.63 Å². The Kier molecular flexibility index (Phi) is 6.19. The molecular weight excluding hydrogens is 416 g/mol. The number of hydrogen-bond donors (Lipinski definition) is 1. The minimum Gasteiger partial charge on any atom is -0.423 e. The van der Waals surface area contributed by atoms with E-state index in [1.165, 1.54) is 11.1 Å². The third kappa shape index (κ3) is 4.85. The number of fused-ring (bicyclic) bond motifs is 1. The highest BCUT2D eigenvalue weighted by molar-refractivity contribution is 7.08. The van der Waals surface area contributed by atoms with Crippen LogP contribution in [-0.2, 0) is 0 Å². The van der Waals surface area contributed by atoms with E-state index in [1.54, 1.807) is 17.4 Å². The number of anilines is 1. The Balaban J connectivity index is 1.25. The molecule has 0 saturated carbocycles. The third-order valence-corrected chi connectivity index (χ3v) is 6.70. The first-order chi connectivity index (χ1) is 15.7. The zero-order valence-electron chi connectivity index (χ0n) is 17.9. The van der Waals surface area contributed by atoms with Crippen LogP contribution in [0.2, 0.25) is 0 Å². The number of hydrogen-bond acceptors (Lipinski definition) is 5. The van der Waals surface area contributed by atoms with Gasteiger partial charge in [-0.2, -0.15) is 11.3 Å². The van der Waals surface area contributed by atoms with E-state index in [1.807, 2.05) is 18.2 Å². The topological polar surface area (TPSA) is 45.5 Å². The maximum absolute atomic E-state index is 12.1. The van der Waals surface area contributed by atoms with Gasteiger partial charge in [0.05, 0.1) is 5.69 Å². The standard InChI is InChI=1S/C27H26N2O2S/c30-27-18-25(24-17-21(8-9-26(24)31-27)22-12-16-32-19-22)28-23-10-14-29(15-11-23)13-4-7-20-5-2-1-3-6-20/h1-9,12,16-19,23,28H,10-11,13-15H2. The molecule has 1 aliphatic rings. The number of nitrogens with one attached hydrogen (secondary N) is 1. The van der Waals surface area contributed by atoms with Crippen molar-refractivity contribution in [3.8, 4) is 11.1 Å². The van der Waals surface area contributed by atoms with E-state index >= 15 is 0 Å². The summed E-state index contributed by atoms with van der Waals surface area (Å²) in [5.74, 6) is 0. The van der Waals surface area contributed by atoms with E-state index in [2.05, 4.69) is 69.5 Å². The third-order valence-electron chi connectivity index (χ3n) is 6.02. The first-order valence-corrected chi connectivity index (χ1v) is 12.0. The largest absolute Gasteiger partial charge is 0.423 e. The smallest absolute Gasteiger partial charge is 0.338 e. The maximum Gasteiger partial charge on any atom is 0.338 e. The van der Waals surface area contributed by atoms with E-state index in [0.717, 1.165) is 49.1 Å². The molecule has 2 aromatic heterocycles. The van der Waals surface area contributed by atoms with Crippen LogP contribution in [0.4, 0.5) is 5.69 Å². The molecule has 1 fully saturated rings. The molecule has 5 heteroatoms. The lowest BCUT2D eigenvalue weighted by atomic mass is 10.0. The van der Waals surface area contributed by atoms with Gasteiger partial charge in [-0.3, -0.25) is 4.90 Å². The molecule has 1 N–H and O–H groups in total. The van der Waals surface area contributed by atoms with Crippen LogP contribution < -0.4 is 10.9 Å². The molecule has 1 aliphatic heterocycles. The number of rotatable bonds is 6. The van der Waals surface area contributed by atoms with Crippen LogP contribution in [-0.4, -0.2) is 30.6 Å². The van der Waals surface area contributed by atoms with Gasteiger partial charge in [0, 0.05) is 37.1 Å². The zero-order valence-corrected chi connectivity index (χ0v) is 18.7. The summed E-state index contributed by atoms with van der Waals surface area (Å²) in [5.41, 5.74) is 4.74. The Bertz CT molecular complexity index is 1250. The molecule has 0 radical (unpaired) electrons. The van der Waals surface area contributed by atoms with Gasteiger partial charge < -0.3 is 9.73 Å². The SMILES string of the molecule is O=c1cc(NC2CCN(CC=Cc3ccccc3)CC2)c2cc(-c3ccsc3)ccc2o1. The van der Waals surface area contributed by atoms with Gasteiger partial charge in [-0.05, 0) is 58.5 Å². The molecule has 0 aliphatic carbocycles. The van der Waals surface area contributed by atoms with Gasteiger partial charge in [0.2, 0.25) is 0 Å². The monoisotopic (exact) mass is 442 g/mol. The second kappa shape index (κ2) is 9.55. The predicted octanol–water partition coefficient (Wildman–Crippen LogP) is 6.11. The van der Waals surface area contributed by atoms with Gasteiger partial charge in [0.1, 0.15) is 5.58 Å². The second-order valence-corrected chi connectivity index (χ2v) is 9.01. The number of piperidine rings is 1. The van der Waals surface area contributed by atoms with Crippen molar-refractivity contribution in [3.05, 3.63) is 93.5 Å². The van der Waals surface area contributed by atoms with E-state index < -0.39 is 0 Å². The van der Waals surface area contributed by atoms with Crippen LogP contribution in [0.25, 0.3) is 28.2 Å². The Labute approximate surface area is 191 Å². The van der Waals surface area contributed by atoms with Crippen LogP contribution in [0.1, 0.15) is 18.4 Å². The van der Waals surface area contributed by atoms with Crippen LogP contribution in [0.3, 0.4) is 0 Å².